The van der Waals surface area contributed by atoms with E-state index in [9.17, 15) is 16.8 Å². The van der Waals surface area contributed by atoms with Gasteiger partial charge in [0.1, 0.15) is 0 Å². The minimum Gasteiger partial charge on any atom is -0.323 e. The third kappa shape index (κ3) is 2.89. The lowest BCUT2D eigenvalue weighted by Crippen LogP contribution is -2.37. The molecule has 17 heavy (non-hydrogen) atoms. The Balaban J connectivity index is 3.61. The van der Waals surface area contributed by atoms with Gasteiger partial charge >= 0.3 is 0 Å². The first-order valence-electron chi connectivity index (χ1n) is 4.28. The standard InChI is InChI=1S/C7H11NO6S3/c1-3-5(16(9,10)11)2-4(8)6(15)7(3)17(12,13)14/h2,4,6,15H,8H2,1H3,(H,9,10,11)(H,12,13,14). The Bertz CT molecular complexity index is 600. The summed E-state index contributed by atoms with van der Waals surface area (Å²) >= 11 is 3.90. The van der Waals surface area contributed by atoms with E-state index in [4.69, 9.17) is 14.8 Å². The summed E-state index contributed by atoms with van der Waals surface area (Å²) in [5, 5.41) is -1.07. The summed E-state index contributed by atoms with van der Waals surface area (Å²) in [5.41, 5.74) is 5.18. The number of hydrogen-bond acceptors (Lipinski definition) is 6. The third-order valence-electron chi connectivity index (χ3n) is 2.27. The molecule has 0 saturated carbocycles. The van der Waals surface area contributed by atoms with Crippen LogP contribution in [-0.4, -0.2) is 37.2 Å². The maximum Gasteiger partial charge on any atom is 0.294 e. The van der Waals surface area contributed by atoms with Crippen LogP contribution < -0.4 is 5.73 Å². The van der Waals surface area contributed by atoms with Crippen LogP contribution in [0.25, 0.3) is 0 Å². The van der Waals surface area contributed by atoms with Crippen LogP contribution in [0.2, 0.25) is 0 Å². The molecule has 10 heteroatoms. The van der Waals surface area contributed by atoms with E-state index in [1.165, 1.54) is 0 Å². The number of allylic oxidation sites excluding steroid dienone is 1. The zero-order chi connectivity index (χ0) is 13.6. The lowest BCUT2D eigenvalue weighted by Gasteiger charge is -2.25. The van der Waals surface area contributed by atoms with E-state index in [2.05, 4.69) is 12.6 Å². The molecule has 0 aliphatic heterocycles. The molecule has 98 valence electrons. The van der Waals surface area contributed by atoms with E-state index in [0.29, 0.717) is 0 Å². The number of nitrogens with two attached hydrogens (primary N) is 1. The molecule has 7 nitrogen and oxygen atoms in total. The SMILES string of the molecule is CC1=C(S(=O)(=O)O)C(S)C(N)C=C1S(=O)(=O)O. The van der Waals surface area contributed by atoms with Crippen LogP contribution in [0.4, 0.5) is 0 Å². The van der Waals surface area contributed by atoms with Crippen molar-refractivity contribution in [2.24, 2.45) is 5.73 Å². The van der Waals surface area contributed by atoms with E-state index in [0.717, 1.165) is 13.0 Å². The molecule has 1 aliphatic rings. The molecule has 0 aromatic carbocycles. The molecule has 1 rings (SSSR count). The lowest BCUT2D eigenvalue weighted by atomic mass is 10.0. The number of thiol groups is 1. The zero-order valence-corrected chi connectivity index (χ0v) is 11.1. The maximum absolute atomic E-state index is 11.1. The largest absolute Gasteiger partial charge is 0.323 e. The summed E-state index contributed by atoms with van der Waals surface area (Å²) in [6, 6.07) is -1.06. The molecule has 2 atom stereocenters. The van der Waals surface area contributed by atoms with Gasteiger partial charge in [0.05, 0.1) is 15.1 Å². The summed E-state index contributed by atoms with van der Waals surface area (Å²) in [4.78, 5) is -1.26. The van der Waals surface area contributed by atoms with Gasteiger partial charge in [-0.2, -0.15) is 29.5 Å². The summed E-state index contributed by atoms with van der Waals surface area (Å²) in [6.45, 7) is 1.14. The Labute approximate surface area is 104 Å². The highest BCUT2D eigenvalue weighted by Gasteiger charge is 2.36. The van der Waals surface area contributed by atoms with Gasteiger partial charge in [-0.05, 0) is 18.6 Å². The van der Waals surface area contributed by atoms with Gasteiger partial charge in [0.2, 0.25) is 0 Å². The van der Waals surface area contributed by atoms with Gasteiger partial charge in [0.15, 0.2) is 0 Å². The highest BCUT2D eigenvalue weighted by Crippen LogP contribution is 2.33. The number of rotatable bonds is 2. The highest BCUT2D eigenvalue weighted by atomic mass is 32.2. The van der Waals surface area contributed by atoms with E-state index >= 15 is 0 Å². The van der Waals surface area contributed by atoms with E-state index in [1.807, 2.05) is 0 Å². The molecule has 0 saturated heterocycles. The van der Waals surface area contributed by atoms with E-state index in [1.54, 1.807) is 0 Å². The second-order valence-electron chi connectivity index (χ2n) is 3.49. The smallest absolute Gasteiger partial charge is 0.294 e. The number of hydrogen-bond donors (Lipinski definition) is 4. The highest BCUT2D eigenvalue weighted by molar-refractivity contribution is 7.92. The fourth-order valence-corrected chi connectivity index (χ4v) is 4.06. The normalized spacial score (nSPS) is 27.0. The first-order chi connectivity index (χ1) is 7.46. The Morgan fingerprint density at radius 2 is 1.71 bits per heavy atom. The van der Waals surface area contributed by atoms with Crippen molar-refractivity contribution >= 4 is 32.9 Å². The van der Waals surface area contributed by atoms with Gasteiger partial charge in [-0.1, -0.05) is 0 Å². The van der Waals surface area contributed by atoms with Crippen LogP contribution in [0.1, 0.15) is 6.92 Å². The Morgan fingerprint density at radius 1 is 1.24 bits per heavy atom. The van der Waals surface area contributed by atoms with E-state index in [-0.39, 0.29) is 5.57 Å². The van der Waals surface area contributed by atoms with Gasteiger partial charge in [-0.25, -0.2) is 0 Å². The minimum absolute atomic E-state index is 0.295. The fraction of sp³-hybridized carbons (Fsp3) is 0.429. The van der Waals surface area contributed by atoms with Crippen molar-refractivity contribution < 1.29 is 25.9 Å². The molecular formula is C7H11NO6S3. The van der Waals surface area contributed by atoms with Crippen molar-refractivity contribution in [3.05, 3.63) is 21.5 Å². The van der Waals surface area contributed by atoms with Gasteiger partial charge in [-0.3, -0.25) is 9.11 Å². The van der Waals surface area contributed by atoms with Crippen LogP contribution in [0.3, 0.4) is 0 Å². The van der Waals surface area contributed by atoms with Gasteiger partial charge in [0, 0.05) is 6.04 Å². The zero-order valence-electron chi connectivity index (χ0n) is 8.60. The van der Waals surface area contributed by atoms with Gasteiger partial charge in [-0.15, -0.1) is 0 Å². The molecule has 0 radical (unpaired) electrons. The molecule has 0 aromatic heterocycles. The average Bonchev–Trinajstić information content (AvgIpc) is 2.07. The third-order valence-corrected chi connectivity index (χ3v) is 5.16. The summed E-state index contributed by atoms with van der Waals surface area (Å²) < 4.78 is 62.2. The van der Waals surface area contributed by atoms with Crippen molar-refractivity contribution in [3.8, 4) is 0 Å². The van der Waals surface area contributed by atoms with Crippen LogP contribution in [-0.2, 0) is 20.2 Å². The molecule has 1 aliphatic carbocycles. The molecule has 4 N–H and O–H groups in total. The molecule has 0 amide bonds. The van der Waals surface area contributed by atoms with Crippen LogP contribution in [0, 0.1) is 0 Å². The van der Waals surface area contributed by atoms with Crippen LogP contribution in [0.15, 0.2) is 21.5 Å². The van der Waals surface area contributed by atoms with Crippen molar-refractivity contribution in [2.75, 3.05) is 0 Å². The topological polar surface area (TPSA) is 135 Å². The lowest BCUT2D eigenvalue weighted by molar-refractivity contribution is 0.487. The molecule has 0 aromatic rings. The molecular weight excluding hydrogens is 290 g/mol. The average molecular weight is 301 g/mol. The van der Waals surface area contributed by atoms with Crippen molar-refractivity contribution in [3.63, 3.8) is 0 Å². The summed E-state index contributed by atoms with van der Waals surface area (Å²) in [5.74, 6) is 0. The monoisotopic (exact) mass is 301 g/mol. The predicted molar refractivity (Wildman–Crippen MR) is 64.6 cm³/mol. The van der Waals surface area contributed by atoms with Crippen molar-refractivity contribution in [1.82, 2.24) is 0 Å². The summed E-state index contributed by atoms with van der Waals surface area (Å²) in [7, 11) is -9.25. The van der Waals surface area contributed by atoms with Crippen LogP contribution in [0.5, 0.6) is 0 Å². The Kier molecular flexibility index (Phi) is 3.77. The molecule has 0 fully saturated rings. The molecule has 0 spiro atoms. The molecule has 2 unspecified atom stereocenters. The Hall–Kier alpha value is -0.390. The second kappa shape index (κ2) is 4.37. The predicted octanol–water partition coefficient (Wildman–Crippen LogP) is -0.441. The van der Waals surface area contributed by atoms with Crippen LogP contribution >= 0.6 is 12.6 Å². The molecule has 0 bridgehead atoms. The fourth-order valence-electron chi connectivity index (χ4n) is 1.53. The summed E-state index contributed by atoms with van der Waals surface area (Å²) in [6.07, 6.45) is 0.983. The second-order valence-corrected chi connectivity index (χ2v) is 6.83. The maximum atomic E-state index is 11.1. The molecule has 0 heterocycles. The van der Waals surface area contributed by atoms with Gasteiger partial charge in [0.25, 0.3) is 20.2 Å². The van der Waals surface area contributed by atoms with Gasteiger partial charge < -0.3 is 5.73 Å². The first kappa shape index (κ1) is 14.7. The van der Waals surface area contributed by atoms with E-state index < -0.39 is 41.3 Å². The van der Waals surface area contributed by atoms with Crippen molar-refractivity contribution in [1.29, 1.82) is 0 Å². The minimum atomic E-state index is -4.64. The first-order valence-corrected chi connectivity index (χ1v) is 7.67. The van der Waals surface area contributed by atoms with Crippen molar-refractivity contribution in [2.45, 2.75) is 18.2 Å². The Morgan fingerprint density at radius 3 is 2.06 bits per heavy atom. The quantitative estimate of drug-likeness (QED) is 0.401.